The number of hydrogen-bond donors (Lipinski definition) is 5. The number of para-hydroxylation sites is 1. The quantitative estimate of drug-likeness (QED) is 0.184. The van der Waals surface area contributed by atoms with Gasteiger partial charge in [0.1, 0.15) is 5.52 Å². The molecule has 1 saturated heterocycles. The first-order valence-electron chi connectivity index (χ1n) is 13.8. The van der Waals surface area contributed by atoms with Crippen LogP contribution < -0.4 is 32.0 Å². The van der Waals surface area contributed by atoms with Crippen LogP contribution in [0.3, 0.4) is 0 Å². The molecule has 6 N–H and O–H groups in total. The molecule has 0 saturated carbocycles. The maximum atomic E-state index is 13.7. The summed E-state index contributed by atoms with van der Waals surface area (Å²) in [6.07, 6.45) is -3.34. The van der Waals surface area contributed by atoms with Gasteiger partial charge in [0.2, 0.25) is 17.7 Å². The summed E-state index contributed by atoms with van der Waals surface area (Å²) < 4.78 is 52.5. The van der Waals surface area contributed by atoms with Gasteiger partial charge >= 0.3 is 6.18 Å². The number of aromatic amines is 1. The molecule has 12 nitrogen and oxygen atoms in total. The summed E-state index contributed by atoms with van der Waals surface area (Å²) >= 11 is 0. The van der Waals surface area contributed by atoms with E-state index in [0.717, 1.165) is 18.6 Å². The van der Waals surface area contributed by atoms with Crippen LogP contribution in [-0.2, 0) is 15.7 Å². The van der Waals surface area contributed by atoms with E-state index in [-0.39, 0.29) is 57.9 Å². The number of benzene rings is 2. The van der Waals surface area contributed by atoms with E-state index in [0.29, 0.717) is 18.5 Å². The van der Waals surface area contributed by atoms with E-state index >= 15 is 0 Å². The number of carbonyl (C=O) groups is 1. The molecule has 232 valence electrons. The summed E-state index contributed by atoms with van der Waals surface area (Å²) in [6, 6.07) is 8.60. The van der Waals surface area contributed by atoms with Crippen LogP contribution >= 0.6 is 0 Å². The molecule has 0 unspecified atom stereocenters. The second-order valence-electron chi connectivity index (χ2n) is 10.6. The number of halogens is 3. The van der Waals surface area contributed by atoms with Gasteiger partial charge in [0, 0.05) is 30.8 Å². The van der Waals surface area contributed by atoms with Gasteiger partial charge in [0.15, 0.2) is 11.6 Å². The second-order valence-corrected chi connectivity index (χ2v) is 10.6. The van der Waals surface area contributed by atoms with Gasteiger partial charge in [-0.15, -0.1) is 0 Å². The molecular formula is C29H31F3N8O4. The van der Waals surface area contributed by atoms with Crippen molar-refractivity contribution < 1.29 is 27.4 Å². The molecule has 15 heteroatoms. The van der Waals surface area contributed by atoms with Crippen LogP contribution in [0.1, 0.15) is 32.3 Å². The molecule has 2 aromatic heterocycles. The molecule has 0 bridgehead atoms. The first-order valence-corrected chi connectivity index (χ1v) is 13.8. The molecule has 0 aliphatic carbocycles. The van der Waals surface area contributed by atoms with Crippen molar-refractivity contribution >= 4 is 34.4 Å². The number of ether oxygens (including phenoxy) is 2. The number of carbonyl (C=O) groups excluding carboxylic acids is 1. The standard InChI is InChI=1S/C29H31F3N8O4/c1-14-7-10-19(34-14)26(41)37-20-11-16(29(30,31)32)8-9-17(20)21-12-23(39-28(38-21)35-15(2)13-43-3)44-22-6-4-5-18-24(22)40-25(33)27(42)36-18/h4-6,8-9,11-12,14-15,19,34H,7,10,13H2,1-3H3,(H2,33,40)(H,36,42)(H,37,41)(H,35,38,39)/t14-,15+,19+/m1/s1. The fraction of sp³-hybridized carbons (Fsp3) is 0.345. The summed E-state index contributed by atoms with van der Waals surface area (Å²) in [5.41, 5.74) is 5.15. The number of aromatic nitrogens is 4. The number of alkyl halides is 3. The molecule has 1 fully saturated rings. The Kier molecular flexibility index (Phi) is 8.69. The van der Waals surface area contributed by atoms with E-state index in [1.807, 2.05) is 13.8 Å². The third-order valence-corrected chi connectivity index (χ3v) is 6.99. The number of nitrogens with zero attached hydrogens (tertiary/aromatic N) is 3. The first kappa shape index (κ1) is 30.7. The summed E-state index contributed by atoms with van der Waals surface area (Å²) in [6.45, 7) is 4.06. The monoisotopic (exact) mass is 612 g/mol. The average molecular weight is 613 g/mol. The summed E-state index contributed by atoms with van der Waals surface area (Å²) in [7, 11) is 1.53. The summed E-state index contributed by atoms with van der Waals surface area (Å²) in [4.78, 5) is 40.8. The van der Waals surface area contributed by atoms with Gasteiger partial charge in [-0.05, 0) is 51.0 Å². The van der Waals surface area contributed by atoms with E-state index in [2.05, 4.69) is 35.9 Å². The molecule has 5 rings (SSSR count). The lowest BCUT2D eigenvalue weighted by atomic mass is 10.0. The molecule has 4 aromatic rings. The van der Waals surface area contributed by atoms with Crippen LogP contribution in [0.25, 0.3) is 22.3 Å². The van der Waals surface area contributed by atoms with E-state index in [1.54, 1.807) is 18.2 Å². The molecule has 0 spiro atoms. The zero-order chi connectivity index (χ0) is 31.6. The maximum Gasteiger partial charge on any atom is 0.416 e. The lowest BCUT2D eigenvalue weighted by molar-refractivity contribution is -0.137. The minimum Gasteiger partial charge on any atom is -0.436 e. The largest absolute Gasteiger partial charge is 0.436 e. The van der Waals surface area contributed by atoms with E-state index in [9.17, 15) is 22.8 Å². The number of nitrogens with two attached hydrogens (primary N) is 1. The molecule has 0 radical (unpaired) electrons. The number of methoxy groups -OCH3 is 1. The van der Waals surface area contributed by atoms with Crippen molar-refractivity contribution in [3.05, 3.63) is 58.4 Å². The number of amides is 1. The Morgan fingerprint density at radius 3 is 2.66 bits per heavy atom. The Labute approximate surface area is 249 Å². The predicted octanol–water partition coefficient (Wildman–Crippen LogP) is 4.30. The number of anilines is 3. The normalized spacial score (nSPS) is 17.4. The molecule has 44 heavy (non-hydrogen) atoms. The fourth-order valence-electron chi connectivity index (χ4n) is 4.88. The topological polar surface area (TPSA) is 169 Å². The van der Waals surface area contributed by atoms with Crippen LogP contribution in [0, 0.1) is 0 Å². The zero-order valence-corrected chi connectivity index (χ0v) is 24.1. The van der Waals surface area contributed by atoms with Gasteiger partial charge in [-0.25, -0.2) is 9.97 Å². The van der Waals surface area contributed by atoms with E-state index in [1.165, 1.54) is 19.2 Å². The van der Waals surface area contributed by atoms with E-state index < -0.39 is 29.2 Å². The summed E-state index contributed by atoms with van der Waals surface area (Å²) in [5, 5.41) is 8.90. The maximum absolute atomic E-state index is 13.7. The van der Waals surface area contributed by atoms with Gasteiger partial charge < -0.3 is 36.1 Å². The summed E-state index contributed by atoms with van der Waals surface area (Å²) in [5.74, 6) is -0.422. The molecular weight excluding hydrogens is 581 g/mol. The highest BCUT2D eigenvalue weighted by atomic mass is 19.4. The lowest BCUT2D eigenvalue weighted by Gasteiger charge is -2.19. The number of H-pyrrole nitrogens is 1. The lowest BCUT2D eigenvalue weighted by Crippen LogP contribution is -2.38. The minimum absolute atomic E-state index is 0.00430. The molecule has 3 atom stereocenters. The van der Waals surface area contributed by atoms with Gasteiger partial charge in [0.05, 0.1) is 35.1 Å². The SMILES string of the molecule is COC[C@H](C)Nc1nc(Oc2cccc3[nH]c(=O)c(N)nc23)cc(-c2ccc(C(F)(F)F)cc2NC(=O)[C@@H]2CC[C@@H](C)N2)n1. The minimum atomic E-state index is -4.65. The average Bonchev–Trinajstić information content (AvgIpc) is 3.40. The predicted molar refractivity (Wildman–Crippen MR) is 159 cm³/mol. The Morgan fingerprint density at radius 2 is 1.95 bits per heavy atom. The molecule has 1 aliphatic rings. The zero-order valence-electron chi connectivity index (χ0n) is 24.1. The smallest absolute Gasteiger partial charge is 0.416 e. The van der Waals surface area contributed by atoms with Crippen molar-refractivity contribution in [2.24, 2.45) is 0 Å². The Hall–Kier alpha value is -4.76. The number of nitrogens with one attached hydrogen (secondary N) is 4. The van der Waals surface area contributed by atoms with Crippen molar-refractivity contribution in [3.63, 3.8) is 0 Å². The second kappa shape index (κ2) is 12.5. The number of rotatable bonds is 9. The van der Waals surface area contributed by atoms with Crippen molar-refractivity contribution in [1.29, 1.82) is 0 Å². The fourth-order valence-corrected chi connectivity index (χ4v) is 4.88. The Balaban J connectivity index is 1.60. The van der Waals surface area contributed by atoms with Gasteiger partial charge in [-0.3, -0.25) is 9.59 Å². The van der Waals surface area contributed by atoms with Crippen molar-refractivity contribution in [2.75, 3.05) is 30.1 Å². The molecule has 3 heterocycles. The van der Waals surface area contributed by atoms with Crippen LogP contribution in [-0.4, -0.2) is 57.7 Å². The third-order valence-electron chi connectivity index (χ3n) is 6.99. The van der Waals surface area contributed by atoms with Gasteiger partial charge in [0.25, 0.3) is 5.56 Å². The highest BCUT2D eigenvalue weighted by Crippen LogP contribution is 2.37. The van der Waals surface area contributed by atoms with Crippen molar-refractivity contribution in [2.45, 2.75) is 51.0 Å². The molecule has 1 aliphatic heterocycles. The number of fused-ring (bicyclic) bond motifs is 1. The highest BCUT2D eigenvalue weighted by molar-refractivity contribution is 5.98. The van der Waals surface area contributed by atoms with Crippen molar-refractivity contribution in [1.82, 2.24) is 25.3 Å². The van der Waals surface area contributed by atoms with Crippen LogP contribution in [0.15, 0.2) is 47.3 Å². The first-order chi connectivity index (χ1) is 20.9. The third kappa shape index (κ3) is 6.89. The van der Waals surface area contributed by atoms with E-state index in [4.69, 9.17) is 15.2 Å². The Morgan fingerprint density at radius 1 is 1.16 bits per heavy atom. The van der Waals surface area contributed by atoms with Crippen LogP contribution in [0.2, 0.25) is 0 Å². The van der Waals surface area contributed by atoms with Crippen LogP contribution in [0.5, 0.6) is 11.6 Å². The highest BCUT2D eigenvalue weighted by Gasteiger charge is 2.33. The number of nitrogen functional groups attached to an aromatic ring is 1. The molecule has 2 aromatic carbocycles. The van der Waals surface area contributed by atoms with Gasteiger partial charge in [-0.2, -0.15) is 18.2 Å². The Bertz CT molecular complexity index is 1750. The number of hydrogen-bond acceptors (Lipinski definition) is 10. The van der Waals surface area contributed by atoms with Gasteiger partial charge in [-0.1, -0.05) is 12.1 Å². The van der Waals surface area contributed by atoms with Crippen LogP contribution in [0.4, 0.5) is 30.6 Å². The van der Waals surface area contributed by atoms with Crippen molar-refractivity contribution in [3.8, 4) is 22.9 Å². The molecule has 1 amide bonds.